The molecule has 8 heavy (non-hydrogen) atoms. The van der Waals surface area contributed by atoms with Crippen molar-refractivity contribution in [3.8, 4) is 0 Å². The van der Waals surface area contributed by atoms with E-state index in [0.29, 0.717) is 5.44 Å². The number of hydrogen-bond donors (Lipinski definition) is 1. The molecular formula is C5H10OS2. The molecule has 1 rings (SSSR count). The molecule has 0 aromatic heterocycles. The van der Waals surface area contributed by atoms with Crippen LogP contribution in [0.1, 0.15) is 19.3 Å². The lowest BCUT2D eigenvalue weighted by atomic mass is 10.2. The summed E-state index contributed by atoms with van der Waals surface area (Å²) in [5, 5.41) is 0. The molecule has 1 heterocycles. The monoisotopic (exact) mass is 150 g/mol. The van der Waals surface area contributed by atoms with Crippen molar-refractivity contribution in [2.45, 2.75) is 24.7 Å². The largest absolute Gasteiger partial charge is 0.367 e. The molecule has 1 aliphatic rings. The van der Waals surface area contributed by atoms with Gasteiger partial charge in [-0.05, 0) is 19.3 Å². The van der Waals surface area contributed by atoms with Gasteiger partial charge in [-0.15, -0.1) is 11.7 Å². The van der Waals surface area contributed by atoms with E-state index in [-0.39, 0.29) is 0 Å². The van der Waals surface area contributed by atoms with Crippen molar-refractivity contribution >= 4 is 22.5 Å². The van der Waals surface area contributed by atoms with Crippen LogP contribution in [-0.4, -0.2) is 12.0 Å². The lowest BCUT2D eigenvalue weighted by molar-refractivity contribution is 0.0738. The summed E-state index contributed by atoms with van der Waals surface area (Å²) in [7, 11) is 1.52. The minimum atomic E-state index is 0.368. The minimum Gasteiger partial charge on any atom is -0.367 e. The van der Waals surface area contributed by atoms with Crippen molar-refractivity contribution in [2.24, 2.45) is 0 Å². The first-order chi connectivity index (χ1) is 3.93. The Kier molecular flexibility index (Phi) is 3.08. The highest BCUT2D eigenvalue weighted by Gasteiger charge is 2.11. The van der Waals surface area contributed by atoms with Crippen molar-refractivity contribution in [2.75, 3.05) is 6.61 Å². The first kappa shape index (κ1) is 6.78. The number of hydrogen-bond acceptors (Lipinski definition) is 3. The summed E-state index contributed by atoms with van der Waals surface area (Å²) in [6.07, 6.45) is 3.71. The van der Waals surface area contributed by atoms with Crippen molar-refractivity contribution in [3.63, 3.8) is 0 Å². The van der Waals surface area contributed by atoms with Crippen LogP contribution in [0.2, 0.25) is 0 Å². The zero-order valence-electron chi connectivity index (χ0n) is 4.67. The van der Waals surface area contributed by atoms with Crippen LogP contribution < -0.4 is 0 Å². The van der Waals surface area contributed by atoms with Gasteiger partial charge in [0.25, 0.3) is 0 Å². The Balaban J connectivity index is 2.13. The number of ether oxygens (including phenoxy) is 1. The van der Waals surface area contributed by atoms with Crippen LogP contribution in [0.25, 0.3) is 0 Å². The van der Waals surface area contributed by atoms with Gasteiger partial charge >= 0.3 is 0 Å². The normalized spacial score (nSPS) is 30.4. The van der Waals surface area contributed by atoms with E-state index in [1.165, 1.54) is 30.1 Å². The molecule has 0 bridgehead atoms. The van der Waals surface area contributed by atoms with E-state index in [0.717, 1.165) is 6.61 Å². The number of rotatable bonds is 1. The van der Waals surface area contributed by atoms with Crippen LogP contribution in [-0.2, 0) is 4.74 Å². The first-order valence-electron chi connectivity index (χ1n) is 2.85. The third-order valence-corrected chi connectivity index (χ3v) is 2.57. The van der Waals surface area contributed by atoms with Crippen molar-refractivity contribution in [1.82, 2.24) is 0 Å². The Morgan fingerprint density at radius 2 is 2.38 bits per heavy atom. The molecule has 0 aliphatic carbocycles. The topological polar surface area (TPSA) is 9.23 Å². The second kappa shape index (κ2) is 3.64. The molecule has 0 aromatic rings. The van der Waals surface area contributed by atoms with Gasteiger partial charge < -0.3 is 4.74 Å². The highest BCUT2D eigenvalue weighted by Crippen LogP contribution is 2.24. The zero-order chi connectivity index (χ0) is 5.82. The average molecular weight is 150 g/mol. The van der Waals surface area contributed by atoms with Crippen LogP contribution in [0, 0.1) is 0 Å². The number of thiol groups is 1. The standard InChI is InChI=1S/C5H10OS2/c7-8-5-3-1-2-4-6-5/h5,7H,1-4H2. The maximum Gasteiger partial charge on any atom is 0.112 e. The maximum absolute atomic E-state index is 5.31. The second-order valence-corrected chi connectivity index (χ2v) is 3.27. The van der Waals surface area contributed by atoms with E-state index in [9.17, 15) is 0 Å². The van der Waals surface area contributed by atoms with E-state index >= 15 is 0 Å². The highest BCUT2D eigenvalue weighted by molar-refractivity contribution is 8.68. The van der Waals surface area contributed by atoms with Gasteiger partial charge in [0.2, 0.25) is 0 Å². The van der Waals surface area contributed by atoms with Crippen LogP contribution in [0.15, 0.2) is 0 Å². The van der Waals surface area contributed by atoms with E-state index < -0.39 is 0 Å². The van der Waals surface area contributed by atoms with E-state index in [1.807, 2.05) is 0 Å². The average Bonchev–Trinajstić information content (AvgIpc) is 1.90. The van der Waals surface area contributed by atoms with Gasteiger partial charge in [0.05, 0.1) is 0 Å². The summed E-state index contributed by atoms with van der Waals surface area (Å²) in [5.41, 5.74) is 0.368. The van der Waals surface area contributed by atoms with Crippen LogP contribution in [0.3, 0.4) is 0 Å². The Labute approximate surface area is 59.0 Å². The van der Waals surface area contributed by atoms with Crippen molar-refractivity contribution < 1.29 is 4.74 Å². The molecule has 0 aromatic carbocycles. The molecule has 1 saturated heterocycles. The fourth-order valence-corrected chi connectivity index (χ4v) is 1.72. The third-order valence-electron chi connectivity index (χ3n) is 1.26. The van der Waals surface area contributed by atoms with Gasteiger partial charge in [-0.1, -0.05) is 10.8 Å². The van der Waals surface area contributed by atoms with Gasteiger partial charge in [0.15, 0.2) is 0 Å². The molecule has 1 unspecified atom stereocenters. The molecule has 0 amide bonds. The molecule has 0 spiro atoms. The summed E-state index contributed by atoms with van der Waals surface area (Å²) in [6, 6.07) is 0. The second-order valence-electron chi connectivity index (χ2n) is 1.90. The minimum absolute atomic E-state index is 0.368. The quantitative estimate of drug-likeness (QED) is 0.453. The Hall–Kier alpha value is 0.660. The van der Waals surface area contributed by atoms with E-state index in [2.05, 4.69) is 11.7 Å². The SMILES string of the molecule is SSC1CCCCO1. The molecule has 48 valence electrons. The molecule has 1 atom stereocenters. The Morgan fingerprint density at radius 3 is 2.75 bits per heavy atom. The smallest absolute Gasteiger partial charge is 0.112 e. The molecule has 1 aliphatic heterocycles. The van der Waals surface area contributed by atoms with Gasteiger partial charge in [-0.3, -0.25) is 0 Å². The summed E-state index contributed by atoms with van der Waals surface area (Å²) in [5.74, 6) is 0. The first-order valence-corrected chi connectivity index (χ1v) is 4.78. The molecule has 1 fully saturated rings. The molecule has 3 heteroatoms. The van der Waals surface area contributed by atoms with Gasteiger partial charge in [0.1, 0.15) is 5.44 Å². The van der Waals surface area contributed by atoms with Crippen LogP contribution >= 0.6 is 22.5 Å². The maximum atomic E-state index is 5.31. The summed E-state index contributed by atoms with van der Waals surface area (Å²) in [6.45, 7) is 0.929. The fourth-order valence-electron chi connectivity index (χ4n) is 0.794. The van der Waals surface area contributed by atoms with Crippen LogP contribution in [0.5, 0.6) is 0 Å². The van der Waals surface area contributed by atoms with Crippen LogP contribution in [0.4, 0.5) is 0 Å². The predicted molar refractivity (Wildman–Crippen MR) is 40.2 cm³/mol. The zero-order valence-corrected chi connectivity index (χ0v) is 6.38. The van der Waals surface area contributed by atoms with Crippen molar-refractivity contribution in [1.29, 1.82) is 0 Å². The van der Waals surface area contributed by atoms with Gasteiger partial charge in [-0.25, -0.2) is 0 Å². The lowest BCUT2D eigenvalue weighted by Crippen LogP contribution is -2.13. The Bertz CT molecular complexity index is 61.4. The lowest BCUT2D eigenvalue weighted by Gasteiger charge is -2.19. The van der Waals surface area contributed by atoms with Crippen molar-refractivity contribution in [3.05, 3.63) is 0 Å². The summed E-state index contributed by atoms with van der Waals surface area (Å²) >= 11 is 4.06. The van der Waals surface area contributed by atoms with Gasteiger partial charge in [0, 0.05) is 6.61 Å². The molecule has 0 saturated carbocycles. The molecular weight excluding hydrogens is 140 g/mol. The summed E-state index contributed by atoms with van der Waals surface area (Å²) < 4.78 is 5.31. The summed E-state index contributed by atoms with van der Waals surface area (Å²) in [4.78, 5) is 0. The predicted octanol–water partition coefficient (Wildman–Crippen LogP) is 2.09. The molecule has 1 nitrogen and oxygen atoms in total. The Morgan fingerprint density at radius 1 is 1.50 bits per heavy atom. The van der Waals surface area contributed by atoms with E-state index in [1.54, 1.807) is 0 Å². The third kappa shape index (κ3) is 1.88. The molecule has 0 radical (unpaired) electrons. The van der Waals surface area contributed by atoms with Gasteiger partial charge in [-0.2, -0.15) is 0 Å². The highest BCUT2D eigenvalue weighted by atomic mass is 33.1. The van der Waals surface area contributed by atoms with E-state index in [4.69, 9.17) is 4.74 Å². The fraction of sp³-hybridized carbons (Fsp3) is 1.00. The molecule has 0 N–H and O–H groups in total.